The molecule has 0 radical (unpaired) electrons. The van der Waals surface area contributed by atoms with Crippen molar-refractivity contribution in [2.24, 2.45) is 0 Å². The van der Waals surface area contributed by atoms with Crippen LogP contribution in [0.5, 0.6) is 0 Å². The molecule has 1 N–H and O–H groups in total. The van der Waals surface area contributed by atoms with Crippen molar-refractivity contribution >= 4 is 28.3 Å². The number of rotatable bonds is 3. The van der Waals surface area contributed by atoms with Gasteiger partial charge in [-0.05, 0) is 44.0 Å². The second-order valence-corrected chi connectivity index (χ2v) is 6.62. The molecule has 138 valence electrons. The van der Waals surface area contributed by atoms with Crippen molar-refractivity contribution in [2.45, 2.75) is 19.8 Å². The number of aromatic nitrogens is 2. The first-order valence-corrected chi connectivity index (χ1v) is 8.80. The predicted octanol–water partition coefficient (Wildman–Crippen LogP) is 4.20. The summed E-state index contributed by atoms with van der Waals surface area (Å²) in [5.41, 5.74) is 1.87. The van der Waals surface area contributed by atoms with E-state index in [1.54, 1.807) is 17.0 Å². The van der Waals surface area contributed by atoms with Crippen LogP contribution in [-0.2, 0) is 0 Å². The van der Waals surface area contributed by atoms with Crippen LogP contribution in [0.4, 0.5) is 20.2 Å². The van der Waals surface area contributed by atoms with Gasteiger partial charge in [0.15, 0.2) is 5.65 Å². The summed E-state index contributed by atoms with van der Waals surface area (Å²) in [7, 11) is 0. The van der Waals surface area contributed by atoms with Crippen molar-refractivity contribution < 1.29 is 13.6 Å². The van der Waals surface area contributed by atoms with E-state index in [9.17, 15) is 13.6 Å². The molecule has 0 atom stereocenters. The summed E-state index contributed by atoms with van der Waals surface area (Å²) in [5.74, 6) is -1.36. The van der Waals surface area contributed by atoms with E-state index in [2.05, 4.69) is 15.3 Å². The number of likely N-dealkylation sites (tertiary alicyclic amines) is 1. The van der Waals surface area contributed by atoms with Crippen LogP contribution in [0.3, 0.4) is 0 Å². The van der Waals surface area contributed by atoms with Crippen molar-refractivity contribution in [3.63, 3.8) is 0 Å². The van der Waals surface area contributed by atoms with E-state index in [1.165, 1.54) is 6.20 Å². The van der Waals surface area contributed by atoms with Gasteiger partial charge in [0.2, 0.25) is 0 Å². The first-order valence-electron chi connectivity index (χ1n) is 8.80. The summed E-state index contributed by atoms with van der Waals surface area (Å²) < 4.78 is 27.8. The van der Waals surface area contributed by atoms with Crippen LogP contribution in [0.25, 0.3) is 11.0 Å². The summed E-state index contributed by atoms with van der Waals surface area (Å²) in [6, 6.07) is 6.73. The average molecular weight is 368 g/mol. The lowest BCUT2D eigenvalue weighted by Gasteiger charge is -2.19. The number of hydrogen-bond donors (Lipinski definition) is 1. The molecule has 1 aliphatic heterocycles. The van der Waals surface area contributed by atoms with Crippen molar-refractivity contribution in [1.29, 1.82) is 0 Å². The SMILES string of the molecule is Cc1ccc2c(Nc3cc(F)ccc3F)c(C(=O)N3CCCC3)cnc2n1. The molecule has 5 nitrogen and oxygen atoms in total. The number of anilines is 2. The molecule has 0 spiro atoms. The third-order valence-electron chi connectivity index (χ3n) is 4.68. The minimum absolute atomic E-state index is 0.0430. The van der Waals surface area contributed by atoms with Gasteiger partial charge in [0.25, 0.3) is 5.91 Å². The number of aryl methyl sites for hydroxylation is 1. The average Bonchev–Trinajstić information content (AvgIpc) is 3.19. The van der Waals surface area contributed by atoms with Gasteiger partial charge in [-0.15, -0.1) is 0 Å². The fourth-order valence-electron chi connectivity index (χ4n) is 3.29. The Labute approximate surface area is 155 Å². The quantitative estimate of drug-likeness (QED) is 0.753. The second-order valence-electron chi connectivity index (χ2n) is 6.62. The number of benzene rings is 1. The number of carbonyl (C=O) groups is 1. The highest BCUT2D eigenvalue weighted by atomic mass is 19.1. The molecule has 1 aliphatic rings. The van der Waals surface area contributed by atoms with E-state index in [0.717, 1.165) is 36.7 Å². The Morgan fingerprint density at radius 2 is 1.93 bits per heavy atom. The predicted molar refractivity (Wildman–Crippen MR) is 99.1 cm³/mol. The molecule has 27 heavy (non-hydrogen) atoms. The van der Waals surface area contributed by atoms with E-state index in [-0.39, 0.29) is 11.6 Å². The van der Waals surface area contributed by atoms with Crippen molar-refractivity contribution in [3.05, 3.63) is 59.4 Å². The molecular weight excluding hydrogens is 350 g/mol. The Bertz CT molecular complexity index is 1030. The third kappa shape index (κ3) is 3.32. The maximum Gasteiger partial charge on any atom is 0.257 e. The van der Waals surface area contributed by atoms with Gasteiger partial charge in [-0.3, -0.25) is 4.79 Å². The number of hydrogen-bond acceptors (Lipinski definition) is 4. The van der Waals surface area contributed by atoms with Gasteiger partial charge in [-0.1, -0.05) is 0 Å². The Hall–Kier alpha value is -3.09. The molecule has 1 saturated heterocycles. The van der Waals surface area contributed by atoms with Gasteiger partial charge < -0.3 is 10.2 Å². The first kappa shape index (κ1) is 17.3. The highest BCUT2D eigenvalue weighted by molar-refractivity contribution is 6.07. The van der Waals surface area contributed by atoms with Crippen LogP contribution in [-0.4, -0.2) is 33.9 Å². The van der Waals surface area contributed by atoms with E-state index < -0.39 is 11.6 Å². The molecule has 0 aliphatic carbocycles. The Morgan fingerprint density at radius 3 is 2.70 bits per heavy atom. The molecule has 3 aromatic rings. The molecule has 1 fully saturated rings. The van der Waals surface area contributed by atoms with Gasteiger partial charge in [-0.25, -0.2) is 18.7 Å². The fourth-order valence-corrected chi connectivity index (χ4v) is 3.29. The van der Waals surface area contributed by atoms with Crippen LogP contribution in [0.2, 0.25) is 0 Å². The lowest BCUT2D eigenvalue weighted by atomic mass is 10.1. The lowest BCUT2D eigenvalue weighted by molar-refractivity contribution is 0.0793. The summed E-state index contributed by atoms with van der Waals surface area (Å²) in [6.45, 7) is 3.19. The van der Waals surface area contributed by atoms with Gasteiger partial charge in [-0.2, -0.15) is 0 Å². The van der Waals surface area contributed by atoms with Gasteiger partial charge >= 0.3 is 0 Å². The molecule has 1 aromatic carbocycles. The number of carbonyl (C=O) groups excluding carboxylic acids is 1. The summed E-state index contributed by atoms with van der Waals surface area (Å²) in [4.78, 5) is 23.4. The van der Waals surface area contributed by atoms with Crippen molar-refractivity contribution in [1.82, 2.24) is 14.9 Å². The third-order valence-corrected chi connectivity index (χ3v) is 4.68. The van der Waals surface area contributed by atoms with Crippen molar-refractivity contribution in [3.8, 4) is 0 Å². The summed E-state index contributed by atoms with van der Waals surface area (Å²) in [6.07, 6.45) is 3.36. The van der Waals surface area contributed by atoms with E-state index in [1.807, 2.05) is 6.92 Å². The van der Waals surface area contributed by atoms with Crippen molar-refractivity contribution in [2.75, 3.05) is 18.4 Å². The lowest BCUT2D eigenvalue weighted by Crippen LogP contribution is -2.28. The minimum Gasteiger partial charge on any atom is -0.352 e. The number of pyridine rings is 2. The molecule has 0 bridgehead atoms. The number of fused-ring (bicyclic) bond motifs is 1. The molecule has 4 rings (SSSR count). The zero-order chi connectivity index (χ0) is 19.0. The molecule has 1 amide bonds. The van der Waals surface area contributed by atoms with E-state index in [4.69, 9.17) is 0 Å². The maximum absolute atomic E-state index is 14.2. The summed E-state index contributed by atoms with van der Waals surface area (Å²) >= 11 is 0. The molecule has 0 saturated carbocycles. The van der Waals surface area contributed by atoms with Crippen LogP contribution in [0.1, 0.15) is 28.9 Å². The maximum atomic E-state index is 14.2. The molecule has 2 aromatic heterocycles. The van der Waals surface area contributed by atoms with Crippen LogP contribution < -0.4 is 5.32 Å². The molecule has 0 unspecified atom stereocenters. The topological polar surface area (TPSA) is 58.1 Å². The monoisotopic (exact) mass is 368 g/mol. The largest absolute Gasteiger partial charge is 0.352 e. The van der Waals surface area contributed by atoms with Crippen LogP contribution in [0, 0.1) is 18.6 Å². The smallest absolute Gasteiger partial charge is 0.257 e. The minimum atomic E-state index is -0.610. The molecule has 7 heteroatoms. The second kappa shape index (κ2) is 6.90. The molecule has 3 heterocycles. The fraction of sp³-hybridized carbons (Fsp3) is 0.250. The van der Waals surface area contributed by atoms with Crippen LogP contribution in [0.15, 0.2) is 36.5 Å². The van der Waals surface area contributed by atoms with Gasteiger partial charge in [0.05, 0.1) is 16.9 Å². The van der Waals surface area contributed by atoms with Crippen LogP contribution >= 0.6 is 0 Å². The normalized spacial score (nSPS) is 14.0. The van der Waals surface area contributed by atoms with E-state index in [0.29, 0.717) is 35.4 Å². The highest BCUT2D eigenvalue weighted by Gasteiger charge is 2.24. The van der Waals surface area contributed by atoms with Gasteiger partial charge in [0, 0.05) is 36.4 Å². The zero-order valence-electron chi connectivity index (χ0n) is 14.8. The van der Waals surface area contributed by atoms with E-state index >= 15 is 0 Å². The standard InChI is InChI=1S/C20H18F2N4O/c1-12-4-6-14-18(25-17-10-13(21)5-7-16(17)22)15(11-23-19(14)24-12)20(27)26-8-2-3-9-26/h4-7,10-11H,2-3,8-9H2,1H3,(H,23,24,25). The number of nitrogens with zero attached hydrogens (tertiary/aromatic N) is 3. The Balaban J connectivity index is 1.87. The van der Waals surface area contributed by atoms with Gasteiger partial charge in [0.1, 0.15) is 11.6 Å². The first-order chi connectivity index (χ1) is 13.0. The number of halogens is 2. The Kier molecular flexibility index (Phi) is 4.43. The highest BCUT2D eigenvalue weighted by Crippen LogP contribution is 2.31. The zero-order valence-corrected chi connectivity index (χ0v) is 14.8. The number of amides is 1. The number of nitrogens with one attached hydrogen (secondary N) is 1. The summed E-state index contributed by atoms with van der Waals surface area (Å²) in [5, 5.41) is 3.48. The molecular formula is C20H18F2N4O. The Morgan fingerprint density at radius 1 is 1.15 bits per heavy atom.